The molecule has 4 aromatic heterocycles. The summed E-state index contributed by atoms with van der Waals surface area (Å²) in [6.45, 7) is 2.14. The van der Waals surface area contributed by atoms with Gasteiger partial charge in [0.25, 0.3) is 0 Å². The molecule has 216 valence electrons. The predicted molar refractivity (Wildman–Crippen MR) is 174 cm³/mol. The predicted octanol–water partition coefficient (Wildman–Crippen LogP) is 8.89. The van der Waals surface area contributed by atoms with E-state index in [2.05, 4.69) is 101 Å². The average Bonchev–Trinajstić information content (AvgIpc) is 3.69. The molecule has 0 aliphatic rings. The molecule has 5 aromatic carbocycles. The molecule has 6 nitrogen and oxygen atoms in total. The van der Waals surface area contributed by atoms with Gasteiger partial charge in [-0.3, -0.25) is 0 Å². The molecule has 4 heterocycles. The van der Waals surface area contributed by atoms with Crippen LogP contribution in [0.2, 0.25) is 0 Å². The fourth-order valence-corrected chi connectivity index (χ4v) is 6.30. The van der Waals surface area contributed by atoms with Crippen LogP contribution in [0, 0.1) is 19.1 Å². The first-order chi connectivity index (χ1) is 21.7. The van der Waals surface area contributed by atoms with E-state index in [-0.39, 0.29) is 21.1 Å². The maximum Gasteiger partial charge on any atom is 2.00 e. The van der Waals surface area contributed by atoms with Crippen LogP contribution in [0.1, 0.15) is 5.56 Å². The summed E-state index contributed by atoms with van der Waals surface area (Å²) in [5.74, 6) is 1.04. The molecule has 9 aromatic rings. The van der Waals surface area contributed by atoms with Gasteiger partial charge in [-0.2, -0.15) is 34.3 Å². The maximum absolute atomic E-state index is 6.36. The Kier molecular flexibility index (Phi) is 6.47. The van der Waals surface area contributed by atoms with Gasteiger partial charge in [-0.15, -0.1) is 17.2 Å². The fraction of sp³-hybridized carbons (Fsp3) is 0.0263. The monoisotopic (exact) mass is 760 g/mol. The second-order valence-corrected chi connectivity index (χ2v) is 10.9. The second kappa shape index (κ2) is 10.7. The Balaban J connectivity index is 0.00000300. The van der Waals surface area contributed by atoms with Crippen LogP contribution in [0.15, 0.2) is 122 Å². The smallest absolute Gasteiger partial charge is 0.459 e. The Hall–Kier alpha value is -5.32. The first-order valence-electron chi connectivity index (χ1n) is 14.5. The summed E-state index contributed by atoms with van der Waals surface area (Å²) in [5.41, 5.74) is 8.16. The molecule has 0 spiro atoms. The van der Waals surface area contributed by atoms with Crippen molar-refractivity contribution in [2.24, 2.45) is 0 Å². The molecular weight excluding hydrogens is 738 g/mol. The van der Waals surface area contributed by atoms with Crippen molar-refractivity contribution in [3.05, 3.63) is 139 Å². The second-order valence-electron chi connectivity index (χ2n) is 10.9. The van der Waals surface area contributed by atoms with Gasteiger partial charge in [0.1, 0.15) is 12.0 Å². The van der Waals surface area contributed by atoms with Crippen LogP contribution < -0.4 is 4.74 Å². The molecular formula is C38H23N5OPt. The van der Waals surface area contributed by atoms with E-state index in [0.29, 0.717) is 11.6 Å². The van der Waals surface area contributed by atoms with Crippen LogP contribution in [-0.4, -0.2) is 24.1 Å². The van der Waals surface area contributed by atoms with E-state index in [0.717, 1.165) is 60.5 Å². The van der Waals surface area contributed by atoms with Crippen LogP contribution in [0.5, 0.6) is 11.6 Å². The number of para-hydroxylation sites is 2. The quantitative estimate of drug-likeness (QED) is 0.133. The van der Waals surface area contributed by atoms with Crippen molar-refractivity contribution >= 4 is 49.3 Å². The molecule has 0 radical (unpaired) electrons. The molecule has 7 heteroatoms. The van der Waals surface area contributed by atoms with Gasteiger partial charge in [0, 0.05) is 28.1 Å². The third-order valence-corrected chi connectivity index (χ3v) is 8.34. The van der Waals surface area contributed by atoms with Gasteiger partial charge < -0.3 is 13.7 Å². The van der Waals surface area contributed by atoms with Crippen LogP contribution >= 0.6 is 0 Å². The van der Waals surface area contributed by atoms with Crippen molar-refractivity contribution in [1.82, 2.24) is 24.1 Å². The van der Waals surface area contributed by atoms with E-state index in [1.54, 1.807) is 6.33 Å². The van der Waals surface area contributed by atoms with Crippen LogP contribution in [0.25, 0.3) is 66.1 Å². The molecule has 0 aliphatic heterocycles. The number of pyridine rings is 2. The topological polar surface area (TPSA) is 57.2 Å². The van der Waals surface area contributed by atoms with Gasteiger partial charge >= 0.3 is 21.1 Å². The molecule has 0 amide bonds. The van der Waals surface area contributed by atoms with Crippen molar-refractivity contribution in [1.29, 1.82) is 0 Å². The minimum Gasteiger partial charge on any atom is -0.459 e. The standard InChI is InChI=1S/C38H23N5O.Pt/c1-24-9-5-6-12-28(24)25-15-17-31-29-18-16-27(22-33(29)38-41-39-23-42(38)35(31)21-25)44-36-20-19-32-30-13-7-8-14-34(30)43(37(32)40-36)26-10-3-2-4-11-26;/h2-10,12-21,23H,1H3;/q-2;+2. The number of aryl methyl sites for hydroxylation is 1. The molecule has 45 heavy (non-hydrogen) atoms. The summed E-state index contributed by atoms with van der Waals surface area (Å²) in [4.78, 5) is 4.98. The Bertz CT molecular complexity index is 2550. The Morgan fingerprint density at radius 1 is 0.711 bits per heavy atom. The number of benzene rings is 5. The zero-order chi connectivity index (χ0) is 29.2. The summed E-state index contributed by atoms with van der Waals surface area (Å²) in [5, 5.41) is 13.9. The van der Waals surface area contributed by atoms with Crippen molar-refractivity contribution in [2.45, 2.75) is 6.92 Å². The number of rotatable bonds is 4. The molecule has 0 aliphatic carbocycles. The molecule has 0 saturated heterocycles. The molecule has 0 atom stereocenters. The van der Waals surface area contributed by atoms with Gasteiger partial charge in [-0.1, -0.05) is 83.2 Å². The first-order valence-corrected chi connectivity index (χ1v) is 14.5. The van der Waals surface area contributed by atoms with Gasteiger partial charge in [-0.05, 0) is 47.2 Å². The van der Waals surface area contributed by atoms with Gasteiger partial charge in [-0.25, -0.2) is 0 Å². The number of aromatic nitrogens is 5. The Morgan fingerprint density at radius 3 is 2.40 bits per heavy atom. The van der Waals surface area contributed by atoms with Crippen molar-refractivity contribution in [3.8, 4) is 28.4 Å². The van der Waals surface area contributed by atoms with E-state index < -0.39 is 0 Å². The number of ether oxygens (including phenoxy) is 1. The molecule has 0 fully saturated rings. The van der Waals surface area contributed by atoms with Crippen LogP contribution in [0.3, 0.4) is 0 Å². The summed E-state index contributed by atoms with van der Waals surface area (Å²) >= 11 is 0. The number of hydrogen-bond acceptors (Lipinski definition) is 4. The zero-order valence-electron chi connectivity index (χ0n) is 24.0. The molecule has 0 unspecified atom stereocenters. The molecule has 0 bridgehead atoms. The van der Waals surface area contributed by atoms with Crippen molar-refractivity contribution < 1.29 is 25.8 Å². The third kappa shape index (κ3) is 4.33. The third-order valence-electron chi connectivity index (χ3n) is 8.34. The largest absolute Gasteiger partial charge is 2.00 e. The molecule has 9 rings (SSSR count). The summed E-state index contributed by atoms with van der Waals surface area (Å²) in [6.07, 6.45) is 1.76. The molecule has 0 N–H and O–H groups in total. The average molecular weight is 761 g/mol. The number of hydrogen-bond donors (Lipinski definition) is 0. The SMILES string of the molecule is Cc1ccccc1-c1ccc2c3ccc(Oc4ccc5c6ccccc6n(-c6[c-]cccc6)c5n4)[c-]c3c3nncn3c2c1.[Pt+2]. The van der Waals surface area contributed by atoms with E-state index in [1.165, 1.54) is 11.1 Å². The van der Waals surface area contributed by atoms with Gasteiger partial charge in [0.15, 0.2) is 0 Å². The normalized spacial score (nSPS) is 11.5. The first kappa shape index (κ1) is 27.2. The Morgan fingerprint density at radius 2 is 1.51 bits per heavy atom. The Labute approximate surface area is 272 Å². The number of fused-ring (bicyclic) bond motifs is 9. The zero-order valence-corrected chi connectivity index (χ0v) is 26.3. The van der Waals surface area contributed by atoms with Crippen LogP contribution in [0.4, 0.5) is 0 Å². The minimum atomic E-state index is 0. The number of nitrogens with zero attached hydrogens (tertiary/aromatic N) is 5. The van der Waals surface area contributed by atoms with Crippen LogP contribution in [-0.2, 0) is 21.1 Å². The van der Waals surface area contributed by atoms with Crippen molar-refractivity contribution in [3.63, 3.8) is 0 Å². The summed E-state index contributed by atoms with van der Waals surface area (Å²) in [7, 11) is 0. The molecule has 0 saturated carbocycles. The van der Waals surface area contributed by atoms with Crippen molar-refractivity contribution in [2.75, 3.05) is 0 Å². The van der Waals surface area contributed by atoms with E-state index in [9.17, 15) is 0 Å². The van der Waals surface area contributed by atoms with E-state index >= 15 is 0 Å². The van der Waals surface area contributed by atoms with E-state index in [4.69, 9.17) is 9.72 Å². The minimum absolute atomic E-state index is 0. The summed E-state index contributed by atoms with van der Waals surface area (Å²) in [6, 6.07) is 46.0. The van der Waals surface area contributed by atoms with Gasteiger partial charge in [0.2, 0.25) is 5.88 Å². The van der Waals surface area contributed by atoms with Gasteiger partial charge in [0.05, 0.1) is 11.2 Å². The summed E-state index contributed by atoms with van der Waals surface area (Å²) < 4.78 is 10.5. The fourth-order valence-electron chi connectivity index (χ4n) is 6.30. The van der Waals surface area contributed by atoms with E-state index in [1.807, 2.05) is 52.9 Å². The maximum atomic E-state index is 6.36.